The van der Waals surface area contributed by atoms with Gasteiger partial charge >= 0.3 is 0 Å². The Labute approximate surface area is 129 Å². The molecule has 6 nitrogen and oxygen atoms in total. The maximum Gasteiger partial charge on any atom is 0.257 e. The summed E-state index contributed by atoms with van der Waals surface area (Å²) in [5.74, 6) is 1.04. The van der Waals surface area contributed by atoms with Crippen LogP contribution in [-0.4, -0.2) is 26.5 Å². The van der Waals surface area contributed by atoms with E-state index in [2.05, 4.69) is 29.4 Å². The molecule has 0 aliphatic carbocycles. The molecule has 0 radical (unpaired) electrons. The molecule has 116 valence electrons. The first-order valence-corrected chi connectivity index (χ1v) is 7.42. The average molecular weight is 300 g/mol. The van der Waals surface area contributed by atoms with Gasteiger partial charge in [0.2, 0.25) is 0 Å². The largest absolute Gasteiger partial charge is 0.487 e. The summed E-state index contributed by atoms with van der Waals surface area (Å²) in [5.41, 5.74) is 2.61. The van der Waals surface area contributed by atoms with Crippen LogP contribution in [0.2, 0.25) is 0 Å². The van der Waals surface area contributed by atoms with Crippen LogP contribution in [0.4, 0.5) is 5.82 Å². The molecule has 0 fully saturated rings. The van der Waals surface area contributed by atoms with Gasteiger partial charge in [-0.1, -0.05) is 0 Å². The number of rotatable bonds is 3. The van der Waals surface area contributed by atoms with E-state index >= 15 is 0 Å². The zero-order chi connectivity index (χ0) is 15.9. The quantitative estimate of drug-likeness (QED) is 0.946. The fourth-order valence-electron chi connectivity index (χ4n) is 2.69. The molecule has 0 saturated heterocycles. The van der Waals surface area contributed by atoms with Crippen molar-refractivity contribution in [3.05, 3.63) is 35.0 Å². The van der Waals surface area contributed by atoms with E-state index in [1.54, 1.807) is 12.3 Å². The molecule has 0 bridgehead atoms. The molecule has 2 heterocycles. The van der Waals surface area contributed by atoms with Crippen LogP contribution in [0, 0.1) is 6.92 Å². The maximum atomic E-state index is 12.4. The number of carbonyl (C=O) groups is 1. The summed E-state index contributed by atoms with van der Waals surface area (Å²) in [4.78, 5) is 13.9. The van der Waals surface area contributed by atoms with Gasteiger partial charge in [-0.25, -0.2) is 0 Å². The smallest absolute Gasteiger partial charge is 0.257 e. The molecular weight excluding hydrogens is 280 g/mol. The summed E-state index contributed by atoms with van der Waals surface area (Å²) in [7, 11) is 0. The van der Waals surface area contributed by atoms with Crippen LogP contribution < -0.4 is 10.1 Å². The molecule has 3 rings (SSSR count). The SMILES string of the molecule is CCn1ncc(NC(=O)c2cc(C)c3c(c2)OC(C)(C)C3)n1. The second-order valence-electron chi connectivity index (χ2n) is 6.18. The van der Waals surface area contributed by atoms with Crippen LogP contribution in [0.1, 0.15) is 42.3 Å². The third kappa shape index (κ3) is 2.68. The lowest BCUT2D eigenvalue weighted by Crippen LogP contribution is -2.24. The van der Waals surface area contributed by atoms with Gasteiger partial charge in [0.05, 0.1) is 12.7 Å². The van der Waals surface area contributed by atoms with Crippen molar-refractivity contribution in [1.29, 1.82) is 0 Å². The Morgan fingerprint density at radius 1 is 1.45 bits per heavy atom. The monoisotopic (exact) mass is 300 g/mol. The first kappa shape index (κ1) is 14.6. The minimum atomic E-state index is -0.216. The summed E-state index contributed by atoms with van der Waals surface area (Å²) in [6.45, 7) is 8.71. The fourth-order valence-corrected chi connectivity index (χ4v) is 2.69. The lowest BCUT2D eigenvalue weighted by Gasteiger charge is -2.16. The van der Waals surface area contributed by atoms with E-state index in [0.717, 1.165) is 17.7 Å². The molecular formula is C16H20N4O2. The molecule has 22 heavy (non-hydrogen) atoms. The number of carbonyl (C=O) groups excluding carboxylic acids is 1. The molecule has 0 spiro atoms. The number of hydrogen-bond acceptors (Lipinski definition) is 4. The molecule has 2 aromatic rings. The number of ether oxygens (including phenoxy) is 1. The van der Waals surface area contributed by atoms with E-state index in [1.807, 2.05) is 19.9 Å². The number of hydrogen-bond donors (Lipinski definition) is 1. The van der Waals surface area contributed by atoms with Crippen molar-refractivity contribution in [3.63, 3.8) is 0 Å². The van der Waals surface area contributed by atoms with Gasteiger partial charge in [-0.3, -0.25) is 4.79 Å². The van der Waals surface area contributed by atoms with Crippen molar-refractivity contribution in [3.8, 4) is 5.75 Å². The van der Waals surface area contributed by atoms with Gasteiger partial charge in [0.1, 0.15) is 11.4 Å². The van der Waals surface area contributed by atoms with Gasteiger partial charge in [-0.15, -0.1) is 5.10 Å². The number of amides is 1. The first-order valence-electron chi connectivity index (χ1n) is 7.42. The van der Waals surface area contributed by atoms with Crippen molar-refractivity contribution in [2.75, 3.05) is 5.32 Å². The summed E-state index contributed by atoms with van der Waals surface area (Å²) < 4.78 is 5.93. The van der Waals surface area contributed by atoms with Gasteiger partial charge in [0.15, 0.2) is 5.82 Å². The summed E-state index contributed by atoms with van der Waals surface area (Å²) in [5, 5.41) is 11.0. The van der Waals surface area contributed by atoms with E-state index in [1.165, 1.54) is 10.4 Å². The molecule has 0 saturated carbocycles. The molecule has 1 aromatic heterocycles. The molecule has 1 N–H and O–H groups in total. The van der Waals surface area contributed by atoms with E-state index in [-0.39, 0.29) is 11.5 Å². The Balaban J connectivity index is 1.84. The zero-order valence-corrected chi connectivity index (χ0v) is 13.3. The van der Waals surface area contributed by atoms with E-state index in [9.17, 15) is 4.79 Å². The summed E-state index contributed by atoms with van der Waals surface area (Å²) >= 11 is 0. The first-order chi connectivity index (χ1) is 10.4. The Morgan fingerprint density at radius 3 is 2.91 bits per heavy atom. The number of aryl methyl sites for hydroxylation is 2. The predicted octanol–water partition coefficient (Wildman–Crippen LogP) is 2.57. The normalized spacial score (nSPS) is 15.3. The highest BCUT2D eigenvalue weighted by atomic mass is 16.5. The van der Waals surface area contributed by atoms with Crippen molar-refractivity contribution >= 4 is 11.7 Å². The molecule has 0 atom stereocenters. The van der Waals surface area contributed by atoms with E-state index in [4.69, 9.17) is 4.74 Å². The van der Waals surface area contributed by atoms with Crippen LogP contribution >= 0.6 is 0 Å². The van der Waals surface area contributed by atoms with Crippen LogP contribution in [0.3, 0.4) is 0 Å². The number of benzene rings is 1. The van der Waals surface area contributed by atoms with Gasteiger partial charge in [0.25, 0.3) is 5.91 Å². The Kier molecular flexibility index (Phi) is 3.39. The minimum Gasteiger partial charge on any atom is -0.487 e. The van der Waals surface area contributed by atoms with Crippen molar-refractivity contribution in [2.45, 2.75) is 46.3 Å². The van der Waals surface area contributed by atoms with Crippen molar-refractivity contribution in [2.24, 2.45) is 0 Å². The summed E-state index contributed by atoms with van der Waals surface area (Å²) in [6.07, 6.45) is 2.40. The van der Waals surface area contributed by atoms with Crippen LogP contribution in [-0.2, 0) is 13.0 Å². The Hall–Kier alpha value is -2.37. The minimum absolute atomic E-state index is 0.206. The Bertz CT molecular complexity index is 734. The molecule has 0 unspecified atom stereocenters. The van der Waals surface area contributed by atoms with Crippen LogP contribution in [0.15, 0.2) is 18.3 Å². The maximum absolute atomic E-state index is 12.4. The lowest BCUT2D eigenvalue weighted by atomic mass is 9.96. The molecule has 1 aliphatic heterocycles. The highest BCUT2D eigenvalue weighted by molar-refractivity contribution is 6.04. The molecule has 6 heteroatoms. The van der Waals surface area contributed by atoms with Gasteiger partial charge < -0.3 is 10.1 Å². The number of nitrogens with one attached hydrogen (secondary N) is 1. The molecule has 1 aromatic carbocycles. The third-order valence-electron chi connectivity index (χ3n) is 3.74. The standard InChI is InChI=1S/C16H20N4O2/c1-5-20-17-9-14(19-20)18-15(21)11-6-10(2)12-8-16(3,4)22-13(12)7-11/h6-7,9H,5,8H2,1-4H3,(H,18,19,21). The zero-order valence-electron chi connectivity index (χ0n) is 13.3. The Morgan fingerprint density at radius 2 is 2.23 bits per heavy atom. The molecule has 1 aliphatic rings. The second-order valence-corrected chi connectivity index (χ2v) is 6.18. The third-order valence-corrected chi connectivity index (χ3v) is 3.74. The highest BCUT2D eigenvalue weighted by Crippen LogP contribution is 2.37. The number of nitrogens with zero attached hydrogens (tertiary/aromatic N) is 3. The van der Waals surface area contributed by atoms with Crippen LogP contribution in [0.25, 0.3) is 0 Å². The fraction of sp³-hybridized carbons (Fsp3) is 0.438. The number of aromatic nitrogens is 3. The highest BCUT2D eigenvalue weighted by Gasteiger charge is 2.32. The lowest BCUT2D eigenvalue weighted by molar-refractivity contribution is 0.102. The van der Waals surface area contributed by atoms with Gasteiger partial charge in [-0.05, 0) is 45.4 Å². The topological polar surface area (TPSA) is 69.0 Å². The predicted molar refractivity (Wildman–Crippen MR) is 83.2 cm³/mol. The van der Waals surface area contributed by atoms with Crippen LogP contribution in [0.5, 0.6) is 5.75 Å². The van der Waals surface area contributed by atoms with Gasteiger partial charge in [-0.2, -0.15) is 9.90 Å². The average Bonchev–Trinajstić information content (AvgIpc) is 3.01. The second kappa shape index (κ2) is 5.12. The number of fused-ring (bicyclic) bond motifs is 1. The van der Waals surface area contributed by atoms with E-state index < -0.39 is 0 Å². The molecule has 1 amide bonds. The van der Waals surface area contributed by atoms with Crippen molar-refractivity contribution < 1.29 is 9.53 Å². The van der Waals surface area contributed by atoms with E-state index in [0.29, 0.717) is 17.9 Å². The summed E-state index contributed by atoms with van der Waals surface area (Å²) in [6, 6.07) is 3.69. The number of anilines is 1. The van der Waals surface area contributed by atoms with Gasteiger partial charge in [0, 0.05) is 17.5 Å². The van der Waals surface area contributed by atoms with Crippen molar-refractivity contribution in [1.82, 2.24) is 15.0 Å².